The summed E-state index contributed by atoms with van der Waals surface area (Å²) in [6, 6.07) is 8.78. The number of furan rings is 1. The van der Waals surface area contributed by atoms with E-state index >= 15 is 0 Å². The Bertz CT molecular complexity index is 591. The molecule has 1 aromatic carbocycles. The number of hydrogen-bond acceptors (Lipinski definition) is 3. The molecule has 0 spiro atoms. The number of guanidine groups is 1. The van der Waals surface area contributed by atoms with Crippen molar-refractivity contribution in [1.82, 2.24) is 10.7 Å². The zero-order chi connectivity index (χ0) is 14.4. The van der Waals surface area contributed by atoms with Gasteiger partial charge in [-0.05, 0) is 24.3 Å². The lowest BCUT2D eigenvalue weighted by Crippen LogP contribution is -2.32. The summed E-state index contributed by atoms with van der Waals surface area (Å²) in [6.07, 6.45) is 3.04. The van der Waals surface area contributed by atoms with Crippen LogP contribution in [0.1, 0.15) is 11.3 Å². The first-order chi connectivity index (χ1) is 9.66. The fraction of sp³-hybridized carbons (Fsp3) is 0.0769. The quantitative estimate of drug-likeness (QED) is 0.461. The van der Waals surface area contributed by atoms with E-state index in [-0.39, 0.29) is 5.96 Å². The summed E-state index contributed by atoms with van der Waals surface area (Å²) in [5.41, 5.74) is 3.13. The van der Waals surface area contributed by atoms with Gasteiger partial charge in [0, 0.05) is 5.56 Å². The Kier molecular flexibility index (Phi) is 5.03. The molecule has 0 saturated heterocycles. The molecular weight excluding hydrogens is 299 g/mol. The van der Waals surface area contributed by atoms with E-state index in [9.17, 15) is 0 Å². The molecule has 1 aromatic heterocycles. The monoisotopic (exact) mass is 310 g/mol. The van der Waals surface area contributed by atoms with Crippen molar-refractivity contribution in [2.24, 2.45) is 5.10 Å². The number of nitrogens with one attached hydrogen (secondary N) is 3. The Morgan fingerprint density at radius 3 is 2.65 bits per heavy atom. The molecule has 7 heteroatoms. The molecule has 2 rings (SSSR count). The molecular formula is C13H12Cl2N4O. The molecule has 0 radical (unpaired) electrons. The molecule has 20 heavy (non-hydrogen) atoms. The Balaban J connectivity index is 1.85. The van der Waals surface area contributed by atoms with Gasteiger partial charge in [0.25, 0.3) is 0 Å². The number of nitrogens with zero attached hydrogens (tertiary/aromatic N) is 1. The average Bonchev–Trinajstić information content (AvgIpc) is 2.93. The molecule has 0 unspecified atom stereocenters. The first-order valence-electron chi connectivity index (χ1n) is 5.74. The van der Waals surface area contributed by atoms with Crippen molar-refractivity contribution < 1.29 is 4.42 Å². The number of rotatable bonds is 4. The molecule has 0 fully saturated rings. The fourth-order valence-electron chi connectivity index (χ4n) is 1.42. The summed E-state index contributed by atoms with van der Waals surface area (Å²) in [4.78, 5) is 0. The molecule has 0 aliphatic rings. The Morgan fingerprint density at radius 1 is 1.25 bits per heavy atom. The summed E-state index contributed by atoms with van der Waals surface area (Å²) in [5, 5.41) is 15.3. The maximum absolute atomic E-state index is 7.62. The van der Waals surface area contributed by atoms with E-state index in [4.69, 9.17) is 33.0 Å². The van der Waals surface area contributed by atoms with Crippen molar-refractivity contribution in [1.29, 1.82) is 5.41 Å². The van der Waals surface area contributed by atoms with Crippen molar-refractivity contribution in [3.63, 3.8) is 0 Å². The van der Waals surface area contributed by atoms with Crippen molar-refractivity contribution in [2.45, 2.75) is 6.54 Å². The molecule has 3 N–H and O–H groups in total. The van der Waals surface area contributed by atoms with Crippen molar-refractivity contribution in [2.75, 3.05) is 0 Å². The summed E-state index contributed by atoms with van der Waals surface area (Å²) in [6.45, 7) is 0.404. The zero-order valence-corrected chi connectivity index (χ0v) is 11.9. The van der Waals surface area contributed by atoms with Crippen LogP contribution in [0, 0.1) is 5.41 Å². The van der Waals surface area contributed by atoms with Crippen LogP contribution in [0.25, 0.3) is 0 Å². The van der Waals surface area contributed by atoms with Crippen LogP contribution in [-0.4, -0.2) is 12.2 Å². The molecule has 0 bridgehead atoms. The van der Waals surface area contributed by atoms with Gasteiger partial charge >= 0.3 is 0 Å². The smallest absolute Gasteiger partial charge is 0.209 e. The van der Waals surface area contributed by atoms with Crippen molar-refractivity contribution >= 4 is 35.4 Å². The van der Waals surface area contributed by atoms with Gasteiger partial charge in [0.05, 0.1) is 29.1 Å². The third-order valence-corrected chi connectivity index (χ3v) is 3.05. The van der Waals surface area contributed by atoms with Gasteiger partial charge < -0.3 is 9.73 Å². The third-order valence-electron chi connectivity index (χ3n) is 2.39. The number of hydrazone groups is 1. The zero-order valence-electron chi connectivity index (χ0n) is 10.4. The van der Waals surface area contributed by atoms with Gasteiger partial charge in [-0.1, -0.05) is 29.3 Å². The van der Waals surface area contributed by atoms with Gasteiger partial charge in [-0.15, -0.1) is 0 Å². The summed E-state index contributed by atoms with van der Waals surface area (Å²) in [5.74, 6) is 0.774. The predicted octanol–water partition coefficient (Wildman–Crippen LogP) is 3.23. The minimum atomic E-state index is 0.0424. The van der Waals surface area contributed by atoms with E-state index in [1.807, 2.05) is 6.07 Å². The number of hydrogen-bond donors (Lipinski definition) is 3. The molecule has 1 heterocycles. The third kappa shape index (κ3) is 4.01. The molecule has 5 nitrogen and oxygen atoms in total. The Hall–Kier alpha value is -1.98. The SMILES string of the molecule is N=C(NCc1ccco1)N/N=C/c1c(Cl)cccc1Cl. The molecule has 0 aliphatic carbocycles. The predicted molar refractivity (Wildman–Crippen MR) is 80.5 cm³/mol. The number of benzene rings is 1. The molecule has 0 atom stereocenters. The van der Waals surface area contributed by atoms with Gasteiger partial charge in [-0.25, -0.2) is 5.43 Å². The van der Waals surface area contributed by atoms with Crippen LogP contribution in [-0.2, 0) is 6.54 Å². The van der Waals surface area contributed by atoms with Gasteiger partial charge in [-0.3, -0.25) is 5.41 Å². The highest BCUT2D eigenvalue weighted by molar-refractivity contribution is 6.38. The van der Waals surface area contributed by atoms with Crippen LogP contribution in [0.15, 0.2) is 46.1 Å². The minimum Gasteiger partial charge on any atom is -0.467 e. The van der Waals surface area contributed by atoms with Crippen molar-refractivity contribution in [3.05, 3.63) is 58.0 Å². The second-order valence-electron chi connectivity index (χ2n) is 3.81. The van der Waals surface area contributed by atoms with Gasteiger partial charge in [0.2, 0.25) is 5.96 Å². The molecule has 104 valence electrons. The van der Waals surface area contributed by atoms with Crippen LogP contribution in [0.2, 0.25) is 10.0 Å². The Labute approximate surface area is 126 Å². The standard InChI is InChI=1S/C13H12Cl2N4O/c14-11-4-1-5-12(15)10(11)8-18-19-13(16)17-7-9-3-2-6-20-9/h1-6,8H,7H2,(H3,16,17,19)/b18-8+. The lowest BCUT2D eigenvalue weighted by Gasteiger charge is -2.05. The molecule has 0 saturated carbocycles. The van der Waals surface area contributed by atoms with Crippen LogP contribution >= 0.6 is 23.2 Å². The first-order valence-corrected chi connectivity index (χ1v) is 6.50. The normalized spacial score (nSPS) is 10.7. The van der Waals surface area contributed by atoms with Crippen LogP contribution in [0.4, 0.5) is 0 Å². The average molecular weight is 311 g/mol. The highest BCUT2D eigenvalue weighted by Crippen LogP contribution is 2.21. The van der Waals surface area contributed by atoms with Crippen molar-refractivity contribution in [3.8, 4) is 0 Å². The molecule has 2 aromatic rings. The van der Waals surface area contributed by atoms with E-state index in [2.05, 4.69) is 15.8 Å². The van der Waals surface area contributed by atoms with Crippen LogP contribution in [0.5, 0.6) is 0 Å². The lowest BCUT2D eigenvalue weighted by atomic mass is 10.2. The van der Waals surface area contributed by atoms with Gasteiger partial charge in [0.1, 0.15) is 5.76 Å². The van der Waals surface area contributed by atoms with E-state index in [1.54, 1.807) is 30.5 Å². The summed E-state index contributed by atoms with van der Waals surface area (Å²) < 4.78 is 5.13. The maximum atomic E-state index is 7.62. The topological polar surface area (TPSA) is 73.4 Å². The first kappa shape index (κ1) is 14.4. The highest BCUT2D eigenvalue weighted by atomic mass is 35.5. The van der Waals surface area contributed by atoms with Crippen LogP contribution < -0.4 is 10.7 Å². The highest BCUT2D eigenvalue weighted by Gasteiger charge is 2.02. The van der Waals surface area contributed by atoms with Gasteiger partial charge in [0.15, 0.2) is 0 Å². The lowest BCUT2D eigenvalue weighted by molar-refractivity contribution is 0.501. The minimum absolute atomic E-state index is 0.0424. The summed E-state index contributed by atoms with van der Waals surface area (Å²) >= 11 is 12.0. The molecule has 0 aliphatic heterocycles. The fourth-order valence-corrected chi connectivity index (χ4v) is 1.92. The van der Waals surface area contributed by atoms with E-state index < -0.39 is 0 Å². The second kappa shape index (κ2) is 6.98. The maximum Gasteiger partial charge on any atom is 0.209 e. The van der Waals surface area contributed by atoms with E-state index in [1.165, 1.54) is 6.21 Å². The largest absolute Gasteiger partial charge is 0.467 e. The molecule has 0 amide bonds. The summed E-state index contributed by atoms with van der Waals surface area (Å²) in [7, 11) is 0. The Morgan fingerprint density at radius 2 is 2.00 bits per heavy atom. The van der Waals surface area contributed by atoms with E-state index in [0.29, 0.717) is 22.2 Å². The van der Waals surface area contributed by atoms with Crippen LogP contribution in [0.3, 0.4) is 0 Å². The second-order valence-corrected chi connectivity index (χ2v) is 4.63. The van der Waals surface area contributed by atoms with Gasteiger partial charge in [-0.2, -0.15) is 5.10 Å². The number of halogens is 2. The van der Waals surface area contributed by atoms with E-state index in [0.717, 1.165) is 5.76 Å².